The van der Waals surface area contributed by atoms with Gasteiger partial charge in [0.15, 0.2) is 0 Å². The second-order valence-corrected chi connectivity index (χ2v) is 6.68. The van der Waals surface area contributed by atoms with E-state index in [4.69, 9.17) is 0 Å². The summed E-state index contributed by atoms with van der Waals surface area (Å²) in [6.45, 7) is 3.69. The number of nitrogens with zero attached hydrogens (tertiary/aromatic N) is 1. The van der Waals surface area contributed by atoms with E-state index in [1.165, 1.54) is 5.56 Å². The summed E-state index contributed by atoms with van der Waals surface area (Å²) < 4.78 is 0. The average molecular weight is 395 g/mol. The van der Waals surface area contributed by atoms with Crippen molar-refractivity contribution in [1.29, 1.82) is 0 Å². The molecule has 0 radical (unpaired) electrons. The third kappa shape index (κ3) is 6.22. The van der Waals surface area contributed by atoms with Crippen molar-refractivity contribution in [3.8, 4) is 0 Å². The van der Waals surface area contributed by atoms with Crippen LogP contribution in [0.5, 0.6) is 0 Å². The minimum atomic E-state index is 0. The molecule has 3 aromatic carbocycles. The summed E-state index contributed by atoms with van der Waals surface area (Å²) in [4.78, 5) is 15.0. The molecule has 1 N–H and O–H groups in total. The topological polar surface area (TPSA) is 32.3 Å². The molecule has 0 unspecified atom stereocenters. The van der Waals surface area contributed by atoms with Crippen LogP contribution in [-0.4, -0.2) is 17.4 Å². The van der Waals surface area contributed by atoms with E-state index >= 15 is 0 Å². The lowest BCUT2D eigenvalue weighted by atomic mass is 10.1. The Bertz CT molecular complexity index is 825. The highest BCUT2D eigenvalue weighted by Gasteiger charge is 2.21. The van der Waals surface area contributed by atoms with Gasteiger partial charge in [-0.15, -0.1) is 12.4 Å². The van der Waals surface area contributed by atoms with Crippen LogP contribution in [0.4, 0.5) is 0 Å². The zero-order valence-corrected chi connectivity index (χ0v) is 16.9. The van der Waals surface area contributed by atoms with Gasteiger partial charge in [0.2, 0.25) is 5.91 Å². The largest absolute Gasteiger partial charge is 0.331 e. The number of benzene rings is 3. The van der Waals surface area contributed by atoms with E-state index in [1.54, 1.807) is 0 Å². The standard InChI is InChI=1S/C24H26N2O.ClH/c1-20(23-15-9-4-10-16-23)26(19-22-13-7-3-8-14-22)24(27)18-25-17-21-11-5-2-6-12-21;/h2-16,20,25H,17-19H2,1H3;1H/t20-;/m0./s1. The Morgan fingerprint density at radius 2 is 1.32 bits per heavy atom. The fourth-order valence-corrected chi connectivity index (χ4v) is 3.14. The van der Waals surface area contributed by atoms with E-state index in [1.807, 2.05) is 59.5 Å². The minimum absolute atomic E-state index is 0. The Balaban J connectivity index is 0.00000280. The fraction of sp³-hybridized carbons (Fsp3) is 0.208. The maximum absolute atomic E-state index is 13.0. The van der Waals surface area contributed by atoms with Crippen molar-refractivity contribution in [3.05, 3.63) is 108 Å². The summed E-state index contributed by atoms with van der Waals surface area (Å²) in [5.74, 6) is 0.103. The van der Waals surface area contributed by atoms with Gasteiger partial charge in [0, 0.05) is 13.1 Å². The molecular weight excluding hydrogens is 368 g/mol. The molecule has 0 saturated heterocycles. The monoisotopic (exact) mass is 394 g/mol. The summed E-state index contributed by atoms with van der Waals surface area (Å²) in [7, 11) is 0. The molecule has 146 valence electrons. The van der Waals surface area contributed by atoms with Crippen molar-refractivity contribution in [3.63, 3.8) is 0 Å². The molecule has 3 nitrogen and oxygen atoms in total. The van der Waals surface area contributed by atoms with Crippen molar-refractivity contribution in [2.75, 3.05) is 6.54 Å². The molecule has 0 saturated carbocycles. The predicted octanol–water partition coefficient (Wildman–Crippen LogP) is 4.99. The molecule has 0 aromatic heterocycles. The maximum Gasteiger partial charge on any atom is 0.237 e. The van der Waals surface area contributed by atoms with Crippen molar-refractivity contribution >= 4 is 18.3 Å². The lowest BCUT2D eigenvalue weighted by Gasteiger charge is -2.30. The SMILES string of the molecule is C[C@@H](c1ccccc1)N(Cc1ccccc1)C(=O)CNCc1ccccc1.Cl. The molecule has 0 aliphatic heterocycles. The van der Waals surface area contributed by atoms with Gasteiger partial charge in [0.1, 0.15) is 0 Å². The molecule has 0 aliphatic rings. The van der Waals surface area contributed by atoms with Gasteiger partial charge in [-0.1, -0.05) is 91.0 Å². The van der Waals surface area contributed by atoms with Crippen LogP contribution in [0.25, 0.3) is 0 Å². The molecule has 3 aromatic rings. The quantitative estimate of drug-likeness (QED) is 0.583. The van der Waals surface area contributed by atoms with E-state index < -0.39 is 0 Å². The first-order valence-corrected chi connectivity index (χ1v) is 9.37. The van der Waals surface area contributed by atoms with Gasteiger partial charge in [-0.3, -0.25) is 4.79 Å². The van der Waals surface area contributed by atoms with Gasteiger partial charge >= 0.3 is 0 Å². The number of hydrogen-bond donors (Lipinski definition) is 1. The number of carbonyl (C=O) groups excluding carboxylic acids is 1. The van der Waals surface area contributed by atoms with Gasteiger partial charge in [-0.2, -0.15) is 0 Å². The molecule has 0 bridgehead atoms. The number of hydrogen-bond acceptors (Lipinski definition) is 2. The number of halogens is 1. The van der Waals surface area contributed by atoms with E-state index in [-0.39, 0.29) is 24.4 Å². The van der Waals surface area contributed by atoms with Crippen LogP contribution in [0.2, 0.25) is 0 Å². The molecule has 3 rings (SSSR count). The van der Waals surface area contributed by atoms with Gasteiger partial charge in [0.25, 0.3) is 0 Å². The number of rotatable bonds is 8. The Kier molecular flexibility index (Phi) is 8.73. The fourth-order valence-electron chi connectivity index (χ4n) is 3.14. The molecule has 0 heterocycles. The highest BCUT2D eigenvalue weighted by atomic mass is 35.5. The van der Waals surface area contributed by atoms with E-state index in [2.05, 4.69) is 48.6 Å². The van der Waals surface area contributed by atoms with Crippen LogP contribution >= 0.6 is 12.4 Å². The Hall–Kier alpha value is -2.62. The second-order valence-electron chi connectivity index (χ2n) is 6.68. The van der Waals surface area contributed by atoms with Crippen molar-refractivity contribution in [2.45, 2.75) is 26.1 Å². The van der Waals surface area contributed by atoms with Gasteiger partial charge < -0.3 is 10.2 Å². The van der Waals surface area contributed by atoms with Crippen LogP contribution in [0.3, 0.4) is 0 Å². The normalized spacial score (nSPS) is 11.3. The van der Waals surface area contributed by atoms with Crippen molar-refractivity contribution in [2.24, 2.45) is 0 Å². The highest BCUT2D eigenvalue weighted by Crippen LogP contribution is 2.22. The van der Waals surface area contributed by atoms with Crippen LogP contribution in [0, 0.1) is 0 Å². The second kappa shape index (κ2) is 11.3. The Labute approximate surface area is 173 Å². The Morgan fingerprint density at radius 3 is 1.89 bits per heavy atom. The lowest BCUT2D eigenvalue weighted by molar-refractivity contribution is -0.133. The van der Waals surface area contributed by atoms with Gasteiger partial charge in [-0.05, 0) is 23.6 Å². The first kappa shape index (κ1) is 21.7. The molecule has 1 amide bonds. The summed E-state index contributed by atoms with van der Waals surface area (Å²) >= 11 is 0. The molecule has 0 fully saturated rings. The zero-order chi connectivity index (χ0) is 18.9. The van der Waals surface area contributed by atoms with Crippen LogP contribution < -0.4 is 5.32 Å². The van der Waals surface area contributed by atoms with Crippen LogP contribution in [0.1, 0.15) is 29.7 Å². The van der Waals surface area contributed by atoms with Gasteiger partial charge in [-0.25, -0.2) is 0 Å². The Morgan fingerprint density at radius 1 is 0.821 bits per heavy atom. The van der Waals surface area contributed by atoms with E-state index in [0.717, 1.165) is 11.1 Å². The van der Waals surface area contributed by atoms with Crippen LogP contribution in [0.15, 0.2) is 91.0 Å². The molecule has 4 heteroatoms. The van der Waals surface area contributed by atoms with E-state index in [0.29, 0.717) is 19.6 Å². The average Bonchev–Trinajstić information content (AvgIpc) is 2.73. The predicted molar refractivity (Wildman–Crippen MR) is 117 cm³/mol. The van der Waals surface area contributed by atoms with Crippen molar-refractivity contribution < 1.29 is 4.79 Å². The summed E-state index contributed by atoms with van der Waals surface area (Å²) in [5, 5.41) is 3.28. The minimum Gasteiger partial charge on any atom is -0.331 e. The molecule has 0 aliphatic carbocycles. The highest BCUT2D eigenvalue weighted by molar-refractivity contribution is 5.85. The smallest absolute Gasteiger partial charge is 0.237 e. The number of carbonyl (C=O) groups is 1. The summed E-state index contributed by atoms with van der Waals surface area (Å²) in [6.07, 6.45) is 0. The lowest BCUT2D eigenvalue weighted by Crippen LogP contribution is -2.39. The van der Waals surface area contributed by atoms with Gasteiger partial charge in [0.05, 0.1) is 12.6 Å². The molecule has 1 atom stereocenters. The summed E-state index contributed by atoms with van der Waals surface area (Å²) in [6, 6.07) is 30.5. The maximum atomic E-state index is 13.0. The molecule has 28 heavy (non-hydrogen) atoms. The first-order chi connectivity index (χ1) is 13.2. The third-order valence-corrected chi connectivity index (χ3v) is 4.71. The van der Waals surface area contributed by atoms with Crippen molar-refractivity contribution in [1.82, 2.24) is 10.2 Å². The number of amides is 1. The van der Waals surface area contributed by atoms with Crippen LogP contribution in [-0.2, 0) is 17.9 Å². The first-order valence-electron chi connectivity index (χ1n) is 9.37. The third-order valence-electron chi connectivity index (χ3n) is 4.71. The van der Waals surface area contributed by atoms with E-state index in [9.17, 15) is 4.79 Å². The zero-order valence-electron chi connectivity index (χ0n) is 16.1. The molecule has 0 spiro atoms. The number of nitrogens with one attached hydrogen (secondary N) is 1. The summed E-state index contributed by atoms with van der Waals surface area (Å²) in [5.41, 5.74) is 3.46. The molecular formula is C24H27ClN2O.